The fourth-order valence-electron chi connectivity index (χ4n) is 1.05. The predicted molar refractivity (Wildman–Crippen MR) is 63.6 cm³/mol. The SMILES string of the molecule is CCCCCC(=O)O.CCCCCC(=O)O.[Hg]. The minimum absolute atomic E-state index is 0. The van der Waals surface area contributed by atoms with Crippen LogP contribution in [0.3, 0.4) is 0 Å². The molecule has 2 N–H and O–H groups in total. The quantitative estimate of drug-likeness (QED) is 0.456. The summed E-state index contributed by atoms with van der Waals surface area (Å²) in [5, 5.41) is 16.3. The number of carbonyl (C=O) groups is 2. The Labute approximate surface area is 124 Å². The van der Waals surface area contributed by atoms with E-state index >= 15 is 0 Å². The summed E-state index contributed by atoms with van der Waals surface area (Å²) in [6, 6.07) is 0. The van der Waals surface area contributed by atoms with Gasteiger partial charge in [-0.05, 0) is 12.8 Å². The van der Waals surface area contributed by atoms with Gasteiger partial charge < -0.3 is 10.2 Å². The average molecular weight is 433 g/mol. The van der Waals surface area contributed by atoms with Crippen molar-refractivity contribution in [3.63, 3.8) is 0 Å². The number of carboxylic acids is 2. The molecule has 0 aromatic rings. The monoisotopic (exact) mass is 434 g/mol. The minimum atomic E-state index is -0.682. The van der Waals surface area contributed by atoms with Crippen molar-refractivity contribution in [3.8, 4) is 0 Å². The third-order valence-corrected chi connectivity index (χ3v) is 1.99. The van der Waals surface area contributed by atoms with E-state index in [9.17, 15) is 9.59 Å². The van der Waals surface area contributed by atoms with Gasteiger partial charge >= 0.3 is 11.9 Å². The molecule has 0 aliphatic heterocycles. The van der Waals surface area contributed by atoms with Gasteiger partial charge in [-0.25, -0.2) is 0 Å². The molecule has 0 aliphatic carbocycles. The first-order valence-corrected chi connectivity index (χ1v) is 5.98. The average Bonchev–Trinajstić information content (AvgIpc) is 2.18. The second kappa shape index (κ2) is 18.2. The number of aliphatic carboxylic acids is 2. The zero-order valence-corrected chi connectivity index (χ0v) is 16.6. The summed E-state index contributed by atoms with van der Waals surface area (Å²) in [4.78, 5) is 19.7. The van der Waals surface area contributed by atoms with Crippen LogP contribution in [0.25, 0.3) is 0 Å². The molecule has 98 valence electrons. The van der Waals surface area contributed by atoms with Crippen LogP contribution in [-0.2, 0) is 37.3 Å². The van der Waals surface area contributed by atoms with Crippen molar-refractivity contribution >= 4 is 11.9 Å². The van der Waals surface area contributed by atoms with Gasteiger partial charge in [0.05, 0.1) is 0 Å². The summed E-state index contributed by atoms with van der Waals surface area (Å²) in [7, 11) is 0. The van der Waals surface area contributed by atoms with Gasteiger partial charge in [0.1, 0.15) is 0 Å². The van der Waals surface area contributed by atoms with E-state index in [2.05, 4.69) is 13.8 Å². The molecule has 0 radical (unpaired) electrons. The summed E-state index contributed by atoms with van der Waals surface area (Å²) in [5.41, 5.74) is 0. The first-order chi connectivity index (χ1) is 7.54. The molecule has 0 atom stereocenters. The number of rotatable bonds is 8. The molecule has 0 heterocycles. The first-order valence-electron chi connectivity index (χ1n) is 5.98. The second-order valence-electron chi connectivity index (χ2n) is 3.70. The van der Waals surface area contributed by atoms with Gasteiger partial charge in [-0.15, -0.1) is 0 Å². The molecule has 5 heteroatoms. The van der Waals surface area contributed by atoms with Crippen molar-refractivity contribution in [1.82, 2.24) is 0 Å². The molecule has 0 aromatic carbocycles. The fraction of sp³-hybridized carbons (Fsp3) is 0.833. The van der Waals surface area contributed by atoms with Gasteiger partial charge in [0.2, 0.25) is 0 Å². The molecule has 0 fully saturated rings. The molecule has 17 heavy (non-hydrogen) atoms. The molecule has 0 aromatic heterocycles. The summed E-state index contributed by atoms with van der Waals surface area (Å²) in [5.74, 6) is -1.36. The number of unbranched alkanes of at least 4 members (excludes halogenated alkanes) is 4. The van der Waals surface area contributed by atoms with Crippen LogP contribution < -0.4 is 0 Å². The van der Waals surface area contributed by atoms with Crippen LogP contribution >= 0.6 is 0 Å². The van der Waals surface area contributed by atoms with E-state index in [4.69, 9.17) is 10.2 Å². The van der Waals surface area contributed by atoms with Crippen molar-refractivity contribution in [2.45, 2.75) is 65.2 Å². The van der Waals surface area contributed by atoms with E-state index in [-0.39, 0.29) is 27.7 Å². The predicted octanol–water partition coefficient (Wildman–Crippen LogP) is 3.30. The molecule has 0 rings (SSSR count). The number of hydrogen-bond donors (Lipinski definition) is 2. The smallest absolute Gasteiger partial charge is 0.303 e. The molecule has 0 bridgehead atoms. The van der Waals surface area contributed by atoms with Gasteiger partial charge in [-0.1, -0.05) is 39.5 Å². The zero-order chi connectivity index (χ0) is 12.8. The maximum atomic E-state index is 9.87. The van der Waals surface area contributed by atoms with Crippen LogP contribution in [0.1, 0.15) is 65.2 Å². The molecule has 0 saturated heterocycles. The van der Waals surface area contributed by atoms with Crippen LogP contribution in [0.15, 0.2) is 0 Å². The van der Waals surface area contributed by atoms with E-state index < -0.39 is 11.9 Å². The van der Waals surface area contributed by atoms with Gasteiger partial charge in [-0.2, -0.15) is 0 Å². The summed E-state index contributed by atoms with van der Waals surface area (Å²) in [6.07, 6.45) is 6.55. The van der Waals surface area contributed by atoms with Crippen LogP contribution in [0.4, 0.5) is 0 Å². The van der Waals surface area contributed by atoms with Gasteiger partial charge in [0, 0.05) is 40.5 Å². The van der Waals surface area contributed by atoms with Crippen LogP contribution in [-0.4, -0.2) is 22.2 Å². The normalized spacial score (nSPS) is 8.59. The van der Waals surface area contributed by atoms with Crippen molar-refractivity contribution in [2.75, 3.05) is 0 Å². The van der Waals surface area contributed by atoms with Crippen LogP contribution in [0.5, 0.6) is 0 Å². The van der Waals surface area contributed by atoms with Gasteiger partial charge in [0.25, 0.3) is 0 Å². The molecular formula is C12H24HgO4. The Hall–Kier alpha value is -0.125. The molecular weight excluding hydrogens is 409 g/mol. The Morgan fingerprint density at radius 2 is 1.06 bits per heavy atom. The third-order valence-electron chi connectivity index (χ3n) is 1.99. The first kappa shape index (κ1) is 22.1. The van der Waals surface area contributed by atoms with E-state index in [1.807, 2.05) is 0 Å². The Morgan fingerprint density at radius 1 is 0.765 bits per heavy atom. The number of hydrogen-bond acceptors (Lipinski definition) is 2. The molecule has 4 nitrogen and oxygen atoms in total. The molecule has 0 aliphatic rings. The minimum Gasteiger partial charge on any atom is -0.481 e. The molecule has 0 unspecified atom stereocenters. The van der Waals surface area contributed by atoms with Crippen molar-refractivity contribution in [1.29, 1.82) is 0 Å². The maximum absolute atomic E-state index is 9.87. The van der Waals surface area contributed by atoms with Gasteiger partial charge in [-0.3, -0.25) is 9.59 Å². The van der Waals surface area contributed by atoms with Gasteiger partial charge in [0.15, 0.2) is 0 Å². The fourth-order valence-corrected chi connectivity index (χ4v) is 1.05. The Kier molecular flexibility index (Phi) is 23.7. The van der Waals surface area contributed by atoms with E-state index in [0.29, 0.717) is 12.8 Å². The van der Waals surface area contributed by atoms with Crippen LogP contribution in [0.2, 0.25) is 0 Å². The zero-order valence-electron chi connectivity index (χ0n) is 11.1. The second-order valence-corrected chi connectivity index (χ2v) is 3.70. The third kappa shape index (κ3) is 31.3. The summed E-state index contributed by atoms with van der Waals surface area (Å²) >= 11 is 0. The Morgan fingerprint density at radius 3 is 1.24 bits per heavy atom. The Bertz CT molecular complexity index is 163. The van der Waals surface area contributed by atoms with Crippen molar-refractivity contribution in [3.05, 3.63) is 0 Å². The Balaban J connectivity index is -0.000000218. The molecule has 0 amide bonds. The maximum Gasteiger partial charge on any atom is 0.303 e. The largest absolute Gasteiger partial charge is 0.481 e. The topological polar surface area (TPSA) is 74.6 Å². The van der Waals surface area contributed by atoms with Crippen molar-refractivity contribution in [2.24, 2.45) is 0 Å². The van der Waals surface area contributed by atoms with E-state index in [1.165, 1.54) is 0 Å². The van der Waals surface area contributed by atoms with E-state index in [1.54, 1.807) is 0 Å². The molecule has 0 saturated carbocycles. The number of carboxylic acid groups (broad SMARTS) is 2. The van der Waals surface area contributed by atoms with E-state index in [0.717, 1.165) is 38.5 Å². The van der Waals surface area contributed by atoms with Crippen molar-refractivity contribution < 1.29 is 47.5 Å². The molecule has 0 spiro atoms. The summed E-state index contributed by atoms with van der Waals surface area (Å²) in [6.45, 7) is 4.11. The van der Waals surface area contributed by atoms with Crippen LogP contribution in [0, 0.1) is 0 Å². The standard InChI is InChI=1S/2C6H12O2.Hg/c2*1-2-3-4-5-6(7)8;/h2*2-5H2,1H3,(H,7,8);. The summed E-state index contributed by atoms with van der Waals surface area (Å²) < 4.78 is 0.